The van der Waals surface area contributed by atoms with Crippen LogP contribution in [0.25, 0.3) is 0 Å². The van der Waals surface area contributed by atoms with Gasteiger partial charge in [0.1, 0.15) is 6.07 Å². The summed E-state index contributed by atoms with van der Waals surface area (Å²) < 4.78 is 22.0. The van der Waals surface area contributed by atoms with E-state index in [1.807, 2.05) is 0 Å². The predicted octanol–water partition coefficient (Wildman–Crippen LogP) is 2.43. The average Bonchev–Trinajstić information content (AvgIpc) is 2.02. The maximum absolute atomic E-state index is 11.0. The average molecular weight is 268 g/mol. The summed E-state index contributed by atoms with van der Waals surface area (Å²) in [5.74, 6) is 0. The first kappa shape index (κ1) is 11.7. The lowest BCUT2D eigenvalue weighted by molar-refractivity contribution is 0.608. The molecular weight excluding hydrogens is 265 g/mol. The molecule has 3 nitrogen and oxygen atoms in total. The molecule has 0 radical (unpaired) electrons. The lowest BCUT2D eigenvalue weighted by Crippen LogP contribution is -1.94. The van der Waals surface area contributed by atoms with Crippen LogP contribution in [0.1, 0.15) is 5.56 Å². The Kier molecular flexibility index (Phi) is 3.32. The number of benzene rings is 1. The van der Waals surface area contributed by atoms with Crippen molar-refractivity contribution in [3.63, 3.8) is 0 Å². The smallest absolute Gasteiger partial charge is 0.207 e. The van der Waals surface area contributed by atoms with Gasteiger partial charge in [0.05, 0.1) is 15.5 Å². The molecule has 0 N–H and O–H groups in total. The Balaban J connectivity index is 3.58. The molecule has 0 aliphatic heterocycles. The minimum atomic E-state index is -3.90. The topological polar surface area (TPSA) is 57.9 Å². The Labute approximate surface area is 96.1 Å². The number of nitriles is 1. The van der Waals surface area contributed by atoms with E-state index in [0.717, 1.165) is 6.07 Å². The fourth-order valence-electron chi connectivity index (χ4n) is 0.824. The molecule has 0 bridgehead atoms. The van der Waals surface area contributed by atoms with E-state index < -0.39 is 9.05 Å². The van der Waals surface area contributed by atoms with Gasteiger partial charge in [-0.05, 0) is 12.1 Å². The molecule has 1 rings (SSSR count). The summed E-state index contributed by atoms with van der Waals surface area (Å²) in [5, 5.41) is 8.74. The minimum absolute atomic E-state index is 0.0451. The summed E-state index contributed by atoms with van der Waals surface area (Å²) >= 11 is 9.53. The second kappa shape index (κ2) is 3.99. The highest BCUT2D eigenvalue weighted by Crippen LogP contribution is 2.28. The first-order chi connectivity index (χ1) is 6.36. The van der Waals surface area contributed by atoms with E-state index in [-0.39, 0.29) is 20.4 Å². The zero-order valence-corrected chi connectivity index (χ0v) is 9.75. The Morgan fingerprint density at radius 2 is 2.00 bits per heavy atom. The molecule has 0 saturated carbocycles. The van der Waals surface area contributed by atoms with Crippen LogP contribution in [-0.4, -0.2) is 8.42 Å². The van der Waals surface area contributed by atoms with E-state index in [2.05, 4.69) is 12.6 Å². The lowest BCUT2D eigenvalue weighted by Gasteiger charge is -2.02. The second-order valence-corrected chi connectivity index (χ2v) is 5.77. The monoisotopic (exact) mass is 267 g/mol. The Morgan fingerprint density at radius 1 is 1.43 bits per heavy atom. The molecule has 0 unspecified atom stereocenters. The molecule has 7 heteroatoms. The highest BCUT2D eigenvalue weighted by molar-refractivity contribution is 8.14. The number of nitrogens with zero attached hydrogens (tertiary/aromatic N) is 1. The first-order valence-electron chi connectivity index (χ1n) is 3.23. The van der Waals surface area contributed by atoms with Crippen molar-refractivity contribution in [1.29, 1.82) is 5.26 Å². The van der Waals surface area contributed by atoms with Gasteiger partial charge in [0, 0.05) is 15.6 Å². The Hall–Kier alpha value is -0.410. The summed E-state index contributed by atoms with van der Waals surface area (Å²) in [5.41, 5.74) is 0.0451. The van der Waals surface area contributed by atoms with Crippen molar-refractivity contribution < 1.29 is 8.42 Å². The van der Waals surface area contributed by atoms with Crippen molar-refractivity contribution in [2.45, 2.75) is 9.79 Å². The maximum atomic E-state index is 11.0. The van der Waals surface area contributed by atoms with Crippen molar-refractivity contribution in [1.82, 2.24) is 0 Å². The molecule has 0 atom stereocenters. The SMILES string of the molecule is N#Cc1cc(S(=O)(=O)Cl)c(S)cc1Cl. The van der Waals surface area contributed by atoms with Crippen LogP contribution in [0, 0.1) is 11.3 Å². The van der Waals surface area contributed by atoms with Crippen molar-refractivity contribution in [3.05, 3.63) is 22.7 Å². The Morgan fingerprint density at radius 3 is 2.43 bits per heavy atom. The van der Waals surface area contributed by atoms with Gasteiger partial charge in [0.25, 0.3) is 9.05 Å². The highest BCUT2D eigenvalue weighted by atomic mass is 35.7. The van der Waals surface area contributed by atoms with Gasteiger partial charge in [-0.15, -0.1) is 12.6 Å². The van der Waals surface area contributed by atoms with Gasteiger partial charge in [-0.1, -0.05) is 11.6 Å². The van der Waals surface area contributed by atoms with E-state index >= 15 is 0 Å². The maximum Gasteiger partial charge on any atom is 0.262 e. The molecule has 1 aromatic carbocycles. The molecule has 74 valence electrons. The molecule has 0 saturated heterocycles. The summed E-state index contributed by atoms with van der Waals surface area (Å²) in [6, 6.07) is 4.10. The largest absolute Gasteiger partial charge is 0.262 e. The van der Waals surface area contributed by atoms with Crippen LogP contribution in [0.5, 0.6) is 0 Å². The predicted molar refractivity (Wildman–Crippen MR) is 56.5 cm³/mol. The zero-order chi connectivity index (χ0) is 10.9. The quantitative estimate of drug-likeness (QED) is 0.628. The van der Waals surface area contributed by atoms with Crippen LogP contribution in [-0.2, 0) is 9.05 Å². The Bertz CT molecular complexity index is 519. The van der Waals surface area contributed by atoms with Crippen molar-refractivity contribution >= 4 is 44.0 Å². The molecular formula is C7H3Cl2NO2S2. The van der Waals surface area contributed by atoms with Crippen molar-refractivity contribution in [2.24, 2.45) is 0 Å². The van der Waals surface area contributed by atoms with Gasteiger partial charge in [-0.3, -0.25) is 0 Å². The standard InChI is InChI=1S/C7H3Cl2NO2S2/c8-5-2-6(13)7(14(9,11)12)1-4(5)3-10/h1-2,13H. The molecule has 14 heavy (non-hydrogen) atoms. The first-order valence-corrected chi connectivity index (χ1v) is 6.37. The molecule has 0 amide bonds. The lowest BCUT2D eigenvalue weighted by atomic mass is 10.2. The molecule has 0 fully saturated rings. The van der Waals surface area contributed by atoms with E-state index in [0.29, 0.717) is 0 Å². The molecule has 0 heterocycles. The molecule has 0 spiro atoms. The molecule has 1 aromatic rings. The number of hydrogen-bond donors (Lipinski definition) is 1. The molecule has 0 aromatic heterocycles. The van der Waals surface area contributed by atoms with Gasteiger partial charge in [0.15, 0.2) is 0 Å². The van der Waals surface area contributed by atoms with Crippen LogP contribution in [0.4, 0.5) is 0 Å². The number of hydrogen-bond acceptors (Lipinski definition) is 4. The van der Waals surface area contributed by atoms with E-state index in [4.69, 9.17) is 27.5 Å². The van der Waals surface area contributed by atoms with E-state index in [9.17, 15) is 8.42 Å². The number of halogens is 2. The molecule has 0 aliphatic rings. The fourth-order valence-corrected chi connectivity index (χ4v) is 2.77. The van der Waals surface area contributed by atoms with Crippen LogP contribution in [0.15, 0.2) is 21.9 Å². The van der Waals surface area contributed by atoms with E-state index in [1.54, 1.807) is 6.07 Å². The minimum Gasteiger partial charge on any atom is -0.207 e. The third kappa shape index (κ3) is 2.34. The number of thiol groups is 1. The van der Waals surface area contributed by atoms with E-state index in [1.165, 1.54) is 6.07 Å². The van der Waals surface area contributed by atoms with Crippen LogP contribution in [0.3, 0.4) is 0 Å². The number of rotatable bonds is 1. The summed E-state index contributed by atoms with van der Waals surface area (Å²) in [6.45, 7) is 0. The van der Waals surface area contributed by atoms with Crippen molar-refractivity contribution in [3.8, 4) is 6.07 Å². The van der Waals surface area contributed by atoms with Gasteiger partial charge in [-0.25, -0.2) is 8.42 Å². The van der Waals surface area contributed by atoms with Crippen LogP contribution in [0.2, 0.25) is 5.02 Å². The fraction of sp³-hybridized carbons (Fsp3) is 0. The van der Waals surface area contributed by atoms with Gasteiger partial charge in [-0.2, -0.15) is 5.26 Å². The van der Waals surface area contributed by atoms with Gasteiger partial charge >= 0.3 is 0 Å². The third-order valence-corrected chi connectivity index (χ3v) is 3.63. The van der Waals surface area contributed by atoms with Gasteiger partial charge < -0.3 is 0 Å². The van der Waals surface area contributed by atoms with Gasteiger partial charge in [0.2, 0.25) is 0 Å². The second-order valence-electron chi connectivity index (χ2n) is 2.35. The summed E-state index contributed by atoms with van der Waals surface area (Å²) in [7, 11) is 1.22. The van der Waals surface area contributed by atoms with Crippen LogP contribution < -0.4 is 0 Å². The summed E-state index contributed by atoms with van der Waals surface area (Å²) in [4.78, 5) is -0.104. The summed E-state index contributed by atoms with van der Waals surface area (Å²) in [6.07, 6.45) is 0. The van der Waals surface area contributed by atoms with Crippen LogP contribution >= 0.6 is 34.9 Å². The molecule has 0 aliphatic carbocycles. The third-order valence-electron chi connectivity index (χ3n) is 1.43. The van der Waals surface area contributed by atoms with Crippen molar-refractivity contribution in [2.75, 3.05) is 0 Å². The zero-order valence-electron chi connectivity index (χ0n) is 6.53. The highest BCUT2D eigenvalue weighted by Gasteiger charge is 2.16. The normalized spacial score (nSPS) is 11.0.